The topological polar surface area (TPSA) is 69.6 Å². The van der Waals surface area contributed by atoms with Crippen LogP contribution in [0, 0.1) is 5.92 Å². The molecular weight excluding hydrogens is 254 g/mol. The predicted molar refractivity (Wildman–Crippen MR) is 78.2 cm³/mol. The van der Waals surface area contributed by atoms with E-state index in [0.29, 0.717) is 25.2 Å². The minimum Gasteiger partial charge on any atom is -0.396 e. The summed E-state index contributed by atoms with van der Waals surface area (Å²) in [5.41, 5.74) is -0.575. The van der Waals surface area contributed by atoms with Gasteiger partial charge in [-0.1, -0.05) is 19.3 Å². The molecule has 0 radical (unpaired) electrons. The fourth-order valence-corrected chi connectivity index (χ4v) is 3.56. The molecule has 20 heavy (non-hydrogen) atoms. The molecule has 4 nitrogen and oxygen atoms in total. The van der Waals surface area contributed by atoms with Crippen LogP contribution in [0.25, 0.3) is 0 Å². The van der Waals surface area contributed by atoms with Gasteiger partial charge in [0, 0.05) is 19.1 Å². The highest BCUT2D eigenvalue weighted by atomic mass is 16.3. The van der Waals surface area contributed by atoms with Crippen molar-refractivity contribution in [1.82, 2.24) is 5.32 Å². The third-order valence-corrected chi connectivity index (χ3v) is 5.11. The molecule has 1 amide bonds. The van der Waals surface area contributed by atoms with Crippen LogP contribution in [-0.2, 0) is 4.79 Å². The minimum absolute atomic E-state index is 0.0364. The van der Waals surface area contributed by atoms with Gasteiger partial charge in [-0.3, -0.25) is 4.79 Å². The molecular formula is C16H29NO3. The van der Waals surface area contributed by atoms with Gasteiger partial charge in [-0.15, -0.1) is 0 Å². The van der Waals surface area contributed by atoms with Crippen molar-refractivity contribution < 1.29 is 15.0 Å². The lowest BCUT2D eigenvalue weighted by Crippen LogP contribution is -2.43. The second-order valence-electron chi connectivity index (χ2n) is 6.66. The molecule has 0 aromatic heterocycles. The van der Waals surface area contributed by atoms with Crippen molar-refractivity contribution in [3.63, 3.8) is 0 Å². The van der Waals surface area contributed by atoms with Gasteiger partial charge in [0.1, 0.15) is 0 Å². The van der Waals surface area contributed by atoms with Gasteiger partial charge in [-0.25, -0.2) is 0 Å². The standard InChI is InChI=1S/C16H29NO3/c18-12-8-14(13-5-2-1-3-6-13)17-15(19)7-11-16(20)9-4-10-16/h13-14,18,20H,1-12H2,(H,17,19). The zero-order valence-electron chi connectivity index (χ0n) is 12.4. The fourth-order valence-electron chi connectivity index (χ4n) is 3.56. The molecule has 116 valence electrons. The number of rotatable bonds is 7. The molecule has 2 rings (SSSR count). The number of aliphatic hydroxyl groups is 2. The Morgan fingerprint density at radius 2 is 1.90 bits per heavy atom. The van der Waals surface area contributed by atoms with Crippen LogP contribution in [-0.4, -0.2) is 34.4 Å². The Balaban J connectivity index is 1.75. The maximum Gasteiger partial charge on any atom is 0.220 e. The van der Waals surface area contributed by atoms with Gasteiger partial charge in [-0.2, -0.15) is 0 Å². The van der Waals surface area contributed by atoms with Gasteiger partial charge in [-0.05, 0) is 50.9 Å². The zero-order valence-corrected chi connectivity index (χ0v) is 12.4. The van der Waals surface area contributed by atoms with Gasteiger partial charge in [0.15, 0.2) is 0 Å². The molecule has 0 aromatic rings. The number of nitrogens with one attached hydrogen (secondary N) is 1. The Labute approximate surface area is 122 Å². The normalized spacial score (nSPS) is 23.9. The highest BCUT2D eigenvalue weighted by molar-refractivity contribution is 5.76. The van der Waals surface area contributed by atoms with Gasteiger partial charge in [0.25, 0.3) is 0 Å². The Morgan fingerprint density at radius 1 is 1.20 bits per heavy atom. The van der Waals surface area contributed by atoms with E-state index in [1.54, 1.807) is 0 Å². The first-order valence-electron chi connectivity index (χ1n) is 8.25. The number of carbonyl (C=O) groups excluding carboxylic acids is 1. The third-order valence-electron chi connectivity index (χ3n) is 5.11. The van der Waals surface area contributed by atoms with Crippen molar-refractivity contribution in [2.45, 2.75) is 82.3 Å². The summed E-state index contributed by atoms with van der Waals surface area (Å²) < 4.78 is 0. The van der Waals surface area contributed by atoms with E-state index >= 15 is 0 Å². The lowest BCUT2D eigenvalue weighted by molar-refractivity contribution is -0.125. The molecule has 0 heterocycles. The van der Waals surface area contributed by atoms with Gasteiger partial charge < -0.3 is 15.5 Å². The molecule has 2 saturated carbocycles. The maximum absolute atomic E-state index is 12.1. The zero-order chi connectivity index (χ0) is 14.4. The number of aliphatic hydroxyl groups excluding tert-OH is 1. The Hall–Kier alpha value is -0.610. The van der Waals surface area contributed by atoms with Crippen molar-refractivity contribution in [2.75, 3.05) is 6.61 Å². The molecule has 1 atom stereocenters. The minimum atomic E-state index is -0.575. The average molecular weight is 283 g/mol. The van der Waals surface area contributed by atoms with E-state index in [0.717, 1.165) is 32.1 Å². The number of hydrogen-bond acceptors (Lipinski definition) is 3. The van der Waals surface area contributed by atoms with Crippen LogP contribution in [0.5, 0.6) is 0 Å². The summed E-state index contributed by atoms with van der Waals surface area (Å²) in [5, 5.41) is 22.3. The first-order chi connectivity index (χ1) is 9.63. The van der Waals surface area contributed by atoms with Crippen LogP contribution in [0.2, 0.25) is 0 Å². The second kappa shape index (κ2) is 7.41. The smallest absolute Gasteiger partial charge is 0.220 e. The fraction of sp³-hybridized carbons (Fsp3) is 0.938. The third kappa shape index (κ3) is 4.45. The van der Waals surface area contributed by atoms with Crippen molar-refractivity contribution in [3.8, 4) is 0 Å². The summed E-state index contributed by atoms with van der Waals surface area (Å²) >= 11 is 0. The van der Waals surface area contributed by atoms with Crippen LogP contribution in [0.15, 0.2) is 0 Å². The summed E-state index contributed by atoms with van der Waals surface area (Å²) in [7, 11) is 0. The van der Waals surface area contributed by atoms with Gasteiger partial charge >= 0.3 is 0 Å². The number of carbonyl (C=O) groups is 1. The lowest BCUT2D eigenvalue weighted by Gasteiger charge is -2.37. The van der Waals surface area contributed by atoms with E-state index in [9.17, 15) is 15.0 Å². The molecule has 4 heteroatoms. The van der Waals surface area contributed by atoms with Crippen LogP contribution in [0.4, 0.5) is 0 Å². The first kappa shape index (κ1) is 15.8. The van der Waals surface area contributed by atoms with E-state index < -0.39 is 5.60 Å². The van der Waals surface area contributed by atoms with Crippen LogP contribution >= 0.6 is 0 Å². The van der Waals surface area contributed by atoms with Crippen LogP contribution < -0.4 is 5.32 Å². The Bertz CT molecular complexity index is 309. The molecule has 2 aliphatic rings. The van der Waals surface area contributed by atoms with Crippen molar-refractivity contribution in [2.24, 2.45) is 5.92 Å². The summed E-state index contributed by atoms with van der Waals surface area (Å²) in [6.07, 6.45) is 10.5. The summed E-state index contributed by atoms with van der Waals surface area (Å²) in [6.45, 7) is 0.130. The molecule has 2 fully saturated rings. The molecule has 0 saturated heterocycles. The molecule has 0 spiro atoms. The molecule has 2 aliphatic carbocycles. The Morgan fingerprint density at radius 3 is 2.45 bits per heavy atom. The molecule has 3 N–H and O–H groups in total. The van der Waals surface area contributed by atoms with Gasteiger partial charge in [0.05, 0.1) is 5.60 Å². The highest BCUT2D eigenvalue weighted by Gasteiger charge is 2.34. The van der Waals surface area contributed by atoms with Crippen molar-refractivity contribution in [1.29, 1.82) is 0 Å². The van der Waals surface area contributed by atoms with E-state index in [2.05, 4.69) is 5.32 Å². The number of amides is 1. The van der Waals surface area contributed by atoms with E-state index in [4.69, 9.17) is 0 Å². The SMILES string of the molecule is O=C(CCC1(O)CCC1)NC(CCO)C1CCCCC1. The van der Waals surface area contributed by atoms with Crippen LogP contribution in [0.1, 0.15) is 70.6 Å². The van der Waals surface area contributed by atoms with Crippen molar-refractivity contribution >= 4 is 5.91 Å². The largest absolute Gasteiger partial charge is 0.396 e. The summed E-state index contributed by atoms with van der Waals surface area (Å²) in [6, 6.07) is 0.115. The van der Waals surface area contributed by atoms with E-state index in [1.165, 1.54) is 19.3 Å². The van der Waals surface area contributed by atoms with Crippen LogP contribution in [0.3, 0.4) is 0 Å². The first-order valence-corrected chi connectivity index (χ1v) is 8.25. The molecule has 0 aliphatic heterocycles. The lowest BCUT2D eigenvalue weighted by atomic mass is 9.77. The predicted octanol–water partition coefficient (Wildman–Crippen LogP) is 2.13. The molecule has 1 unspecified atom stereocenters. The average Bonchev–Trinajstić information content (AvgIpc) is 2.43. The summed E-state index contributed by atoms with van der Waals surface area (Å²) in [5.74, 6) is 0.556. The monoisotopic (exact) mass is 283 g/mol. The highest BCUT2D eigenvalue weighted by Crippen LogP contribution is 2.35. The summed E-state index contributed by atoms with van der Waals surface area (Å²) in [4.78, 5) is 12.1. The van der Waals surface area contributed by atoms with Gasteiger partial charge in [0.2, 0.25) is 5.91 Å². The maximum atomic E-state index is 12.1. The molecule has 0 bridgehead atoms. The molecule has 0 aromatic carbocycles. The quantitative estimate of drug-likeness (QED) is 0.670. The van der Waals surface area contributed by atoms with E-state index in [-0.39, 0.29) is 18.6 Å². The second-order valence-corrected chi connectivity index (χ2v) is 6.66. The van der Waals surface area contributed by atoms with Crippen molar-refractivity contribution in [3.05, 3.63) is 0 Å². The van der Waals surface area contributed by atoms with E-state index in [1.807, 2.05) is 0 Å². The number of hydrogen-bond donors (Lipinski definition) is 3. The Kier molecular flexibility index (Phi) is 5.85.